The van der Waals surface area contributed by atoms with Gasteiger partial charge in [-0.25, -0.2) is 0 Å². The molecule has 1 aromatic heterocycles. The van der Waals surface area contributed by atoms with E-state index in [4.69, 9.17) is 14.9 Å². The predicted octanol–water partition coefficient (Wildman–Crippen LogP) is 0.909. The maximum absolute atomic E-state index is 11.5. The average Bonchev–Trinajstić information content (AvgIpc) is 2.94. The summed E-state index contributed by atoms with van der Waals surface area (Å²) in [7, 11) is 0. The Hall–Kier alpha value is -1.47. The van der Waals surface area contributed by atoms with Crippen LogP contribution in [0.4, 0.5) is 0 Å². The van der Waals surface area contributed by atoms with Crippen molar-refractivity contribution in [2.45, 2.75) is 25.9 Å². The van der Waals surface area contributed by atoms with Gasteiger partial charge in [-0.3, -0.25) is 9.59 Å². The van der Waals surface area contributed by atoms with Gasteiger partial charge in [0.15, 0.2) is 0 Å². The first-order valence-corrected chi connectivity index (χ1v) is 7.58. The first kappa shape index (κ1) is 16.6. The molecule has 0 saturated heterocycles. The van der Waals surface area contributed by atoms with Crippen molar-refractivity contribution in [2.75, 3.05) is 18.1 Å². The van der Waals surface area contributed by atoms with E-state index in [2.05, 4.69) is 5.32 Å². The van der Waals surface area contributed by atoms with Crippen molar-refractivity contribution in [1.82, 2.24) is 5.32 Å². The van der Waals surface area contributed by atoms with Crippen LogP contribution < -0.4 is 11.1 Å². The van der Waals surface area contributed by atoms with Crippen molar-refractivity contribution in [3.05, 3.63) is 24.2 Å². The molecule has 0 radical (unpaired) electrons. The minimum absolute atomic E-state index is 0.0730. The molecule has 20 heavy (non-hydrogen) atoms. The minimum atomic E-state index is -0.617. The summed E-state index contributed by atoms with van der Waals surface area (Å²) in [6, 6.07) is 2.95. The van der Waals surface area contributed by atoms with Crippen molar-refractivity contribution >= 4 is 23.6 Å². The minimum Gasteiger partial charge on any atom is -0.467 e. The topological polar surface area (TPSA) is 94.6 Å². The fourth-order valence-electron chi connectivity index (χ4n) is 1.39. The highest BCUT2D eigenvalue weighted by Gasteiger charge is 2.14. The van der Waals surface area contributed by atoms with Crippen molar-refractivity contribution < 1.29 is 18.7 Å². The number of carbonyl (C=O) groups is 2. The van der Waals surface area contributed by atoms with Crippen LogP contribution in [0.15, 0.2) is 22.8 Å². The molecular weight excluding hydrogens is 280 g/mol. The first-order chi connectivity index (χ1) is 9.63. The lowest BCUT2D eigenvalue weighted by molar-refractivity contribution is -0.144. The molecule has 1 rings (SSSR count). The summed E-state index contributed by atoms with van der Waals surface area (Å²) in [4.78, 5) is 22.8. The SMILES string of the molecule is CCOC(=O)C(N)CCSCC(=O)NCc1ccco1. The van der Waals surface area contributed by atoms with E-state index in [0.29, 0.717) is 36.8 Å². The number of carbonyl (C=O) groups excluding carboxylic acids is 2. The van der Waals surface area contributed by atoms with Gasteiger partial charge in [0, 0.05) is 0 Å². The van der Waals surface area contributed by atoms with Crippen LogP contribution in [0.5, 0.6) is 0 Å². The number of esters is 1. The lowest BCUT2D eigenvalue weighted by atomic mass is 10.2. The third-order valence-electron chi connectivity index (χ3n) is 2.44. The molecule has 3 N–H and O–H groups in total. The number of furan rings is 1. The van der Waals surface area contributed by atoms with Gasteiger partial charge in [-0.05, 0) is 31.2 Å². The number of hydrogen-bond donors (Lipinski definition) is 2. The van der Waals surface area contributed by atoms with Crippen LogP contribution in [-0.4, -0.2) is 36.0 Å². The van der Waals surface area contributed by atoms with Gasteiger partial charge in [0.05, 0.1) is 25.2 Å². The van der Waals surface area contributed by atoms with Gasteiger partial charge in [-0.15, -0.1) is 0 Å². The molecule has 112 valence electrons. The van der Waals surface area contributed by atoms with Gasteiger partial charge in [0.1, 0.15) is 11.8 Å². The normalized spacial score (nSPS) is 11.9. The molecule has 0 aromatic carbocycles. The number of nitrogens with one attached hydrogen (secondary N) is 1. The Morgan fingerprint density at radius 1 is 1.55 bits per heavy atom. The van der Waals surface area contributed by atoms with E-state index in [1.165, 1.54) is 11.8 Å². The highest BCUT2D eigenvalue weighted by molar-refractivity contribution is 7.99. The summed E-state index contributed by atoms with van der Waals surface area (Å²) < 4.78 is 9.90. The second kappa shape index (κ2) is 9.44. The van der Waals surface area contributed by atoms with E-state index in [1.807, 2.05) is 0 Å². The molecule has 7 heteroatoms. The molecule has 0 bridgehead atoms. The average molecular weight is 300 g/mol. The fraction of sp³-hybridized carbons (Fsp3) is 0.538. The molecule has 0 spiro atoms. The summed E-state index contributed by atoms with van der Waals surface area (Å²) in [5, 5.41) is 2.74. The van der Waals surface area contributed by atoms with Crippen LogP contribution in [0.25, 0.3) is 0 Å². The number of ether oxygens (including phenoxy) is 1. The van der Waals surface area contributed by atoms with Gasteiger partial charge < -0.3 is 20.2 Å². The molecule has 1 aromatic rings. The zero-order valence-electron chi connectivity index (χ0n) is 11.5. The molecule has 0 aliphatic rings. The van der Waals surface area contributed by atoms with Crippen molar-refractivity contribution in [1.29, 1.82) is 0 Å². The highest BCUT2D eigenvalue weighted by atomic mass is 32.2. The van der Waals surface area contributed by atoms with Crippen molar-refractivity contribution in [3.63, 3.8) is 0 Å². The standard InChI is InChI=1S/C13H20N2O4S/c1-2-18-13(17)11(14)5-7-20-9-12(16)15-8-10-4-3-6-19-10/h3-4,6,11H,2,5,7-9,14H2,1H3,(H,15,16). The molecule has 0 aliphatic carbocycles. The van der Waals surface area contributed by atoms with E-state index in [-0.39, 0.29) is 5.91 Å². The summed E-state index contributed by atoms with van der Waals surface area (Å²) in [6.45, 7) is 2.45. The Balaban J connectivity index is 2.05. The Bertz CT molecular complexity index is 409. The van der Waals surface area contributed by atoms with E-state index < -0.39 is 12.0 Å². The second-order valence-electron chi connectivity index (χ2n) is 4.06. The van der Waals surface area contributed by atoms with E-state index >= 15 is 0 Å². The van der Waals surface area contributed by atoms with Gasteiger partial charge in [-0.2, -0.15) is 11.8 Å². The van der Waals surface area contributed by atoms with Gasteiger partial charge in [0.2, 0.25) is 5.91 Å². The molecule has 6 nitrogen and oxygen atoms in total. The zero-order valence-corrected chi connectivity index (χ0v) is 12.3. The Morgan fingerprint density at radius 3 is 3.00 bits per heavy atom. The number of amides is 1. The van der Waals surface area contributed by atoms with Gasteiger partial charge in [0.25, 0.3) is 0 Å². The van der Waals surface area contributed by atoms with Crippen molar-refractivity contribution in [3.8, 4) is 0 Å². The van der Waals surface area contributed by atoms with Crippen LogP contribution in [0, 0.1) is 0 Å². The number of nitrogens with two attached hydrogens (primary N) is 1. The smallest absolute Gasteiger partial charge is 0.322 e. The highest BCUT2D eigenvalue weighted by Crippen LogP contribution is 2.05. The van der Waals surface area contributed by atoms with Crippen LogP contribution in [0.3, 0.4) is 0 Å². The molecule has 1 unspecified atom stereocenters. The van der Waals surface area contributed by atoms with Gasteiger partial charge >= 0.3 is 5.97 Å². The fourth-order valence-corrected chi connectivity index (χ4v) is 2.24. The van der Waals surface area contributed by atoms with Crippen LogP contribution in [-0.2, 0) is 20.9 Å². The molecule has 1 atom stereocenters. The lowest BCUT2D eigenvalue weighted by Crippen LogP contribution is -2.33. The van der Waals surface area contributed by atoms with Crippen LogP contribution >= 0.6 is 11.8 Å². The van der Waals surface area contributed by atoms with Crippen molar-refractivity contribution in [2.24, 2.45) is 5.73 Å². The monoisotopic (exact) mass is 300 g/mol. The summed E-state index contributed by atoms with van der Waals surface area (Å²) in [5.74, 6) is 1.21. The first-order valence-electron chi connectivity index (χ1n) is 6.42. The zero-order chi connectivity index (χ0) is 14.8. The quantitative estimate of drug-likeness (QED) is 0.520. The second-order valence-corrected chi connectivity index (χ2v) is 5.16. The van der Waals surface area contributed by atoms with E-state index in [1.54, 1.807) is 25.3 Å². The maximum Gasteiger partial charge on any atom is 0.322 e. The number of hydrogen-bond acceptors (Lipinski definition) is 6. The predicted molar refractivity (Wildman–Crippen MR) is 77.1 cm³/mol. The Kier molecular flexibility index (Phi) is 7.82. The lowest BCUT2D eigenvalue weighted by Gasteiger charge is -2.09. The Morgan fingerprint density at radius 2 is 2.35 bits per heavy atom. The third-order valence-corrected chi connectivity index (χ3v) is 3.43. The van der Waals surface area contributed by atoms with Crippen LogP contribution in [0.2, 0.25) is 0 Å². The number of rotatable bonds is 9. The molecule has 1 amide bonds. The van der Waals surface area contributed by atoms with E-state index in [9.17, 15) is 9.59 Å². The van der Waals surface area contributed by atoms with Gasteiger partial charge in [-0.1, -0.05) is 0 Å². The molecule has 1 heterocycles. The largest absolute Gasteiger partial charge is 0.467 e. The molecule has 0 aliphatic heterocycles. The molecular formula is C13H20N2O4S. The Labute approximate surface area is 122 Å². The summed E-state index contributed by atoms with van der Waals surface area (Å²) in [5.41, 5.74) is 5.64. The molecule has 0 saturated carbocycles. The third kappa shape index (κ3) is 6.63. The molecule has 0 fully saturated rings. The summed E-state index contributed by atoms with van der Waals surface area (Å²) in [6.07, 6.45) is 2.06. The summed E-state index contributed by atoms with van der Waals surface area (Å²) >= 11 is 1.43. The maximum atomic E-state index is 11.5. The number of thioether (sulfide) groups is 1. The van der Waals surface area contributed by atoms with E-state index in [0.717, 1.165) is 0 Å². The van der Waals surface area contributed by atoms with Crippen LogP contribution in [0.1, 0.15) is 19.1 Å².